The number of amides is 1. The van der Waals surface area contributed by atoms with Gasteiger partial charge in [-0.2, -0.15) is 0 Å². The van der Waals surface area contributed by atoms with Crippen LogP contribution >= 0.6 is 0 Å². The van der Waals surface area contributed by atoms with Crippen LogP contribution in [0.25, 0.3) is 0 Å². The van der Waals surface area contributed by atoms with Crippen LogP contribution in [0, 0.1) is 5.92 Å². The summed E-state index contributed by atoms with van der Waals surface area (Å²) in [6, 6.07) is 0.891. The molecule has 1 saturated carbocycles. The third kappa shape index (κ3) is 4.59. The second kappa shape index (κ2) is 7.18. The highest BCUT2D eigenvalue weighted by Gasteiger charge is 2.34. The number of hydrogen-bond donors (Lipinski definition) is 1. The summed E-state index contributed by atoms with van der Waals surface area (Å²) in [4.78, 5) is 16.7. The van der Waals surface area contributed by atoms with Crippen LogP contribution in [-0.2, 0) is 4.74 Å². The summed E-state index contributed by atoms with van der Waals surface area (Å²) >= 11 is 0. The lowest BCUT2D eigenvalue weighted by Crippen LogP contribution is -2.57. The smallest absolute Gasteiger partial charge is 0.410 e. The van der Waals surface area contributed by atoms with Crippen LogP contribution in [-0.4, -0.2) is 59.8 Å². The van der Waals surface area contributed by atoms with Gasteiger partial charge in [-0.05, 0) is 65.8 Å². The van der Waals surface area contributed by atoms with Crippen LogP contribution in [0.15, 0.2) is 0 Å². The molecule has 5 nitrogen and oxygen atoms in total. The molecule has 0 aromatic heterocycles. The third-order valence-electron chi connectivity index (χ3n) is 4.95. The number of rotatable bonds is 2. The normalized spacial score (nSPS) is 31.1. The third-order valence-corrected chi connectivity index (χ3v) is 4.95. The minimum atomic E-state index is -0.422. The molecule has 128 valence electrons. The van der Waals surface area contributed by atoms with Crippen molar-refractivity contribution >= 4 is 6.09 Å². The molecular formula is C17H33N3O2. The van der Waals surface area contributed by atoms with Gasteiger partial charge in [-0.15, -0.1) is 0 Å². The van der Waals surface area contributed by atoms with Crippen LogP contribution in [0.1, 0.15) is 53.4 Å². The molecule has 0 unspecified atom stereocenters. The Bertz CT molecular complexity index is 373. The lowest BCUT2D eigenvalue weighted by atomic mass is 9.85. The molecule has 0 aromatic carbocycles. The molecule has 5 heteroatoms. The molecule has 0 bridgehead atoms. The number of ether oxygens (including phenoxy) is 1. The molecule has 2 rings (SSSR count). The average Bonchev–Trinajstić information content (AvgIpc) is 2.45. The van der Waals surface area contributed by atoms with Gasteiger partial charge in [0, 0.05) is 31.7 Å². The zero-order valence-corrected chi connectivity index (χ0v) is 14.7. The van der Waals surface area contributed by atoms with Crippen molar-refractivity contribution in [1.29, 1.82) is 0 Å². The van der Waals surface area contributed by atoms with E-state index in [-0.39, 0.29) is 12.1 Å². The molecule has 0 radical (unpaired) electrons. The molecule has 0 spiro atoms. The molecular weight excluding hydrogens is 278 g/mol. The Morgan fingerprint density at radius 3 is 2.32 bits per heavy atom. The van der Waals surface area contributed by atoms with Crippen LogP contribution in [0.2, 0.25) is 0 Å². The Morgan fingerprint density at radius 1 is 1.18 bits per heavy atom. The maximum absolute atomic E-state index is 12.3. The van der Waals surface area contributed by atoms with E-state index in [2.05, 4.69) is 11.8 Å². The fourth-order valence-electron chi connectivity index (χ4n) is 3.65. The minimum absolute atomic E-state index is 0.175. The first-order valence-electron chi connectivity index (χ1n) is 8.74. The molecule has 1 saturated heterocycles. The molecule has 1 aliphatic heterocycles. The highest BCUT2D eigenvalue weighted by atomic mass is 16.6. The molecule has 1 heterocycles. The van der Waals surface area contributed by atoms with Crippen molar-refractivity contribution < 1.29 is 9.53 Å². The zero-order valence-electron chi connectivity index (χ0n) is 14.7. The fourth-order valence-corrected chi connectivity index (χ4v) is 3.65. The van der Waals surface area contributed by atoms with Gasteiger partial charge in [0.25, 0.3) is 0 Å². The minimum Gasteiger partial charge on any atom is -0.444 e. The number of nitrogens with zero attached hydrogens (tertiary/aromatic N) is 2. The van der Waals surface area contributed by atoms with Gasteiger partial charge in [-0.3, -0.25) is 4.90 Å². The van der Waals surface area contributed by atoms with E-state index in [0.717, 1.165) is 32.1 Å². The molecule has 1 aliphatic carbocycles. The summed E-state index contributed by atoms with van der Waals surface area (Å²) in [7, 11) is 0. The Balaban J connectivity index is 1.84. The van der Waals surface area contributed by atoms with Crippen LogP contribution in [0.3, 0.4) is 0 Å². The first kappa shape index (κ1) is 17.5. The van der Waals surface area contributed by atoms with Gasteiger partial charge in [0.1, 0.15) is 5.60 Å². The average molecular weight is 311 g/mol. The number of carbonyl (C=O) groups is 1. The summed E-state index contributed by atoms with van der Waals surface area (Å²) in [5, 5.41) is 0. The molecule has 0 aromatic rings. The van der Waals surface area contributed by atoms with E-state index in [9.17, 15) is 4.79 Å². The summed E-state index contributed by atoms with van der Waals surface area (Å²) < 4.78 is 5.51. The van der Waals surface area contributed by atoms with Crippen molar-refractivity contribution in [2.75, 3.05) is 26.2 Å². The first-order chi connectivity index (χ1) is 10.3. The second-order valence-corrected chi connectivity index (χ2v) is 7.93. The summed E-state index contributed by atoms with van der Waals surface area (Å²) in [6.07, 6.45) is 4.83. The highest BCUT2D eigenvalue weighted by Crippen LogP contribution is 2.28. The van der Waals surface area contributed by atoms with Crippen LogP contribution < -0.4 is 5.73 Å². The van der Waals surface area contributed by atoms with Crippen LogP contribution in [0.4, 0.5) is 4.79 Å². The van der Waals surface area contributed by atoms with E-state index in [1.807, 2.05) is 25.7 Å². The predicted octanol–water partition coefficient (Wildman–Crippen LogP) is 2.45. The van der Waals surface area contributed by atoms with E-state index < -0.39 is 5.60 Å². The van der Waals surface area contributed by atoms with Gasteiger partial charge in [0.15, 0.2) is 0 Å². The Kier molecular flexibility index (Phi) is 5.72. The maximum atomic E-state index is 12.3. The van der Waals surface area contributed by atoms with Gasteiger partial charge < -0.3 is 15.4 Å². The Hall–Kier alpha value is -0.810. The number of piperazine rings is 1. The predicted molar refractivity (Wildman–Crippen MR) is 88.8 cm³/mol. The van der Waals surface area contributed by atoms with Gasteiger partial charge in [0.05, 0.1) is 0 Å². The second-order valence-electron chi connectivity index (χ2n) is 7.93. The number of hydrogen-bond acceptors (Lipinski definition) is 4. The SMILES string of the molecule is C[C@H]1CN(C2CCC(CN)CC2)CCN1C(=O)OC(C)(C)C. The number of carbonyl (C=O) groups excluding carboxylic acids is 1. The van der Waals surface area contributed by atoms with Crippen molar-refractivity contribution in [2.24, 2.45) is 11.7 Å². The lowest BCUT2D eigenvalue weighted by Gasteiger charge is -2.45. The molecule has 22 heavy (non-hydrogen) atoms. The van der Waals surface area contributed by atoms with Gasteiger partial charge >= 0.3 is 6.09 Å². The maximum Gasteiger partial charge on any atom is 0.410 e. The summed E-state index contributed by atoms with van der Waals surface area (Å²) in [6.45, 7) is 11.4. The fraction of sp³-hybridized carbons (Fsp3) is 0.941. The standard InChI is InChI=1S/C17H33N3O2/c1-13-12-19(15-7-5-14(11-18)6-8-15)9-10-20(13)16(21)22-17(2,3)4/h13-15H,5-12,18H2,1-4H3/t13-,14?,15?/m0/s1. The van der Waals surface area contributed by atoms with Crippen molar-refractivity contribution in [1.82, 2.24) is 9.80 Å². The highest BCUT2D eigenvalue weighted by molar-refractivity contribution is 5.68. The van der Waals surface area contributed by atoms with Gasteiger partial charge in [-0.1, -0.05) is 0 Å². The first-order valence-corrected chi connectivity index (χ1v) is 8.74. The molecule has 2 N–H and O–H groups in total. The Morgan fingerprint density at radius 2 is 1.82 bits per heavy atom. The number of nitrogens with two attached hydrogens (primary N) is 1. The van der Waals surface area contributed by atoms with Crippen molar-refractivity contribution in [3.8, 4) is 0 Å². The van der Waals surface area contributed by atoms with Gasteiger partial charge in [0.2, 0.25) is 0 Å². The van der Waals surface area contributed by atoms with Crippen LogP contribution in [0.5, 0.6) is 0 Å². The largest absolute Gasteiger partial charge is 0.444 e. The monoisotopic (exact) mass is 311 g/mol. The topological polar surface area (TPSA) is 58.8 Å². The zero-order chi connectivity index (χ0) is 16.3. The molecule has 2 fully saturated rings. The van der Waals surface area contributed by atoms with Crippen molar-refractivity contribution in [2.45, 2.75) is 71.1 Å². The van der Waals surface area contributed by atoms with E-state index in [4.69, 9.17) is 10.5 Å². The van der Waals surface area contributed by atoms with E-state index >= 15 is 0 Å². The van der Waals surface area contributed by atoms with Crippen molar-refractivity contribution in [3.05, 3.63) is 0 Å². The summed E-state index contributed by atoms with van der Waals surface area (Å²) in [5.74, 6) is 0.719. The van der Waals surface area contributed by atoms with E-state index in [1.165, 1.54) is 25.7 Å². The lowest BCUT2D eigenvalue weighted by molar-refractivity contribution is -0.00822. The van der Waals surface area contributed by atoms with E-state index in [0.29, 0.717) is 6.04 Å². The van der Waals surface area contributed by atoms with Crippen molar-refractivity contribution in [3.63, 3.8) is 0 Å². The quantitative estimate of drug-likeness (QED) is 0.851. The summed E-state index contributed by atoms with van der Waals surface area (Å²) in [5.41, 5.74) is 5.36. The molecule has 1 atom stereocenters. The van der Waals surface area contributed by atoms with Gasteiger partial charge in [-0.25, -0.2) is 4.79 Å². The Labute approximate surface area is 135 Å². The van der Waals surface area contributed by atoms with E-state index in [1.54, 1.807) is 0 Å². The molecule has 2 aliphatic rings. The molecule has 1 amide bonds.